The van der Waals surface area contributed by atoms with Gasteiger partial charge in [-0.1, -0.05) is 11.6 Å². The van der Waals surface area contributed by atoms with Crippen molar-refractivity contribution in [3.8, 4) is 11.5 Å². The van der Waals surface area contributed by atoms with E-state index >= 15 is 0 Å². The molecule has 5 heteroatoms. The summed E-state index contributed by atoms with van der Waals surface area (Å²) in [4.78, 5) is 0. The Morgan fingerprint density at radius 3 is 2.56 bits per heavy atom. The van der Waals surface area contributed by atoms with Crippen LogP contribution >= 0.6 is 11.6 Å². The smallest absolute Gasteiger partial charge is 0.231 e. The molecule has 1 aromatic carbocycles. The van der Waals surface area contributed by atoms with Gasteiger partial charge >= 0.3 is 0 Å². The summed E-state index contributed by atoms with van der Waals surface area (Å²) < 4.78 is 10.9. The summed E-state index contributed by atoms with van der Waals surface area (Å²) in [6.45, 7) is 3.27. The molecular weight excluding hydrogens is 338 g/mol. The Labute approximate surface area is 153 Å². The Balaban J connectivity index is 1.32. The average Bonchev–Trinajstić information content (AvgIpc) is 2.96. The minimum atomic E-state index is -0.406. The molecule has 0 aromatic heterocycles. The molecule has 1 aromatic rings. The van der Waals surface area contributed by atoms with Crippen LogP contribution in [0.1, 0.15) is 51.0 Å². The van der Waals surface area contributed by atoms with Gasteiger partial charge < -0.3 is 19.9 Å². The normalized spacial score (nSPS) is 39.0. The van der Waals surface area contributed by atoms with Gasteiger partial charge in [-0.3, -0.25) is 0 Å². The molecule has 0 spiro atoms. The van der Waals surface area contributed by atoms with Crippen LogP contribution in [-0.4, -0.2) is 23.5 Å². The summed E-state index contributed by atoms with van der Waals surface area (Å²) in [7, 11) is 0. The summed E-state index contributed by atoms with van der Waals surface area (Å²) in [5.41, 5.74) is 0.874. The van der Waals surface area contributed by atoms with Gasteiger partial charge in [0.2, 0.25) is 6.79 Å². The molecule has 0 radical (unpaired) electrons. The Bertz CT molecular complexity index is 692. The van der Waals surface area contributed by atoms with Crippen molar-refractivity contribution in [2.24, 2.45) is 17.3 Å². The molecule has 4 saturated carbocycles. The zero-order valence-electron chi connectivity index (χ0n) is 14.7. The van der Waals surface area contributed by atoms with E-state index < -0.39 is 5.60 Å². The van der Waals surface area contributed by atoms with Crippen molar-refractivity contribution in [3.05, 3.63) is 22.7 Å². The fourth-order valence-corrected chi connectivity index (χ4v) is 6.59. The number of benzene rings is 1. The van der Waals surface area contributed by atoms with E-state index in [-0.39, 0.29) is 12.2 Å². The molecule has 6 rings (SSSR count). The Kier molecular flexibility index (Phi) is 3.58. The number of nitrogens with one attached hydrogen (secondary N) is 1. The molecule has 2 N–H and O–H groups in total. The molecule has 5 aliphatic rings. The number of ether oxygens (including phenoxy) is 2. The topological polar surface area (TPSA) is 50.7 Å². The maximum atomic E-state index is 11.0. The van der Waals surface area contributed by atoms with Crippen LogP contribution in [-0.2, 0) is 6.54 Å². The van der Waals surface area contributed by atoms with E-state index in [1.807, 2.05) is 12.1 Å². The molecule has 0 saturated heterocycles. The van der Waals surface area contributed by atoms with Gasteiger partial charge in [0.05, 0.1) is 5.60 Å². The molecule has 4 fully saturated rings. The van der Waals surface area contributed by atoms with Crippen LogP contribution in [0, 0.1) is 17.3 Å². The van der Waals surface area contributed by atoms with Crippen molar-refractivity contribution in [2.75, 3.05) is 6.79 Å². The van der Waals surface area contributed by atoms with E-state index in [4.69, 9.17) is 21.1 Å². The molecule has 4 bridgehead atoms. The summed E-state index contributed by atoms with van der Waals surface area (Å²) in [5, 5.41) is 15.4. The minimum Gasteiger partial charge on any atom is -0.454 e. The van der Waals surface area contributed by atoms with Gasteiger partial charge in [-0.05, 0) is 74.3 Å². The first-order valence-electron chi connectivity index (χ1n) is 9.49. The highest BCUT2D eigenvalue weighted by molar-refractivity contribution is 6.31. The van der Waals surface area contributed by atoms with E-state index in [0.29, 0.717) is 29.4 Å². The van der Waals surface area contributed by atoms with Crippen LogP contribution in [0.3, 0.4) is 0 Å². The first-order valence-corrected chi connectivity index (χ1v) is 9.86. The second-order valence-corrected chi connectivity index (χ2v) is 9.35. The van der Waals surface area contributed by atoms with Crippen molar-refractivity contribution < 1.29 is 14.6 Å². The zero-order chi connectivity index (χ0) is 17.2. The van der Waals surface area contributed by atoms with Crippen LogP contribution in [0.25, 0.3) is 0 Å². The average molecular weight is 364 g/mol. The van der Waals surface area contributed by atoms with Gasteiger partial charge in [-0.25, -0.2) is 0 Å². The van der Waals surface area contributed by atoms with Gasteiger partial charge in [0.15, 0.2) is 11.5 Å². The van der Waals surface area contributed by atoms with Gasteiger partial charge in [0, 0.05) is 23.7 Å². The van der Waals surface area contributed by atoms with E-state index in [1.54, 1.807) is 0 Å². The highest BCUT2D eigenvalue weighted by Crippen LogP contribution is 2.62. The van der Waals surface area contributed by atoms with Gasteiger partial charge in [0.1, 0.15) is 0 Å². The second kappa shape index (κ2) is 5.51. The summed E-state index contributed by atoms with van der Waals surface area (Å²) in [6, 6.07) is 4.20. The van der Waals surface area contributed by atoms with Crippen LogP contribution in [0.2, 0.25) is 5.02 Å². The Hall–Kier alpha value is -0.970. The highest BCUT2D eigenvalue weighted by Gasteiger charge is 2.58. The van der Waals surface area contributed by atoms with Crippen LogP contribution in [0.15, 0.2) is 12.1 Å². The first kappa shape index (κ1) is 16.2. The molecule has 25 heavy (non-hydrogen) atoms. The third-order valence-electron chi connectivity index (χ3n) is 7.13. The zero-order valence-corrected chi connectivity index (χ0v) is 15.4. The van der Waals surface area contributed by atoms with Crippen molar-refractivity contribution in [2.45, 2.75) is 63.6 Å². The number of hydrogen-bond acceptors (Lipinski definition) is 4. The lowest BCUT2D eigenvalue weighted by atomic mass is 9.46. The molecule has 136 valence electrons. The lowest BCUT2D eigenvalue weighted by Gasteiger charge is -2.62. The van der Waals surface area contributed by atoms with E-state index in [0.717, 1.165) is 36.3 Å². The van der Waals surface area contributed by atoms with Gasteiger partial charge in [0.25, 0.3) is 0 Å². The van der Waals surface area contributed by atoms with Crippen LogP contribution in [0.5, 0.6) is 11.5 Å². The fraction of sp³-hybridized carbons (Fsp3) is 0.700. The van der Waals surface area contributed by atoms with Crippen LogP contribution in [0.4, 0.5) is 0 Å². The monoisotopic (exact) mass is 363 g/mol. The van der Waals surface area contributed by atoms with Crippen molar-refractivity contribution in [3.63, 3.8) is 0 Å². The summed E-state index contributed by atoms with van der Waals surface area (Å²) >= 11 is 6.42. The van der Waals surface area contributed by atoms with Gasteiger partial charge in [-0.15, -0.1) is 0 Å². The minimum absolute atomic E-state index is 0.238. The number of fused-ring (bicyclic) bond motifs is 1. The molecule has 3 atom stereocenters. The van der Waals surface area contributed by atoms with E-state index in [9.17, 15) is 5.11 Å². The largest absolute Gasteiger partial charge is 0.454 e. The molecule has 4 nitrogen and oxygen atoms in total. The Morgan fingerprint density at radius 2 is 1.88 bits per heavy atom. The van der Waals surface area contributed by atoms with Crippen molar-refractivity contribution >= 4 is 11.6 Å². The number of rotatable bonds is 4. The van der Waals surface area contributed by atoms with Crippen molar-refractivity contribution in [1.29, 1.82) is 0 Å². The van der Waals surface area contributed by atoms with Gasteiger partial charge in [-0.2, -0.15) is 0 Å². The molecule has 0 amide bonds. The summed E-state index contributed by atoms with van der Waals surface area (Å²) in [6.07, 6.45) is 6.84. The molecular formula is C20H26ClNO3. The maximum Gasteiger partial charge on any atom is 0.231 e. The maximum absolute atomic E-state index is 11.0. The number of aliphatic hydroxyl groups is 1. The first-order chi connectivity index (χ1) is 11.9. The summed E-state index contributed by atoms with van der Waals surface area (Å²) in [5.74, 6) is 2.93. The van der Waals surface area contributed by atoms with Crippen molar-refractivity contribution in [1.82, 2.24) is 5.32 Å². The third-order valence-corrected chi connectivity index (χ3v) is 7.49. The molecule has 1 heterocycles. The molecule has 1 aliphatic heterocycles. The van der Waals surface area contributed by atoms with Crippen LogP contribution < -0.4 is 14.8 Å². The second-order valence-electron chi connectivity index (χ2n) is 8.95. The standard InChI is InChI=1S/C20H26ClNO3/c1-12(19-5-13-2-14(6-19)8-20(23,7-13)10-19)22-9-15-3-17-18(4-16(15)21)25-11-24-17/h3-4,12-14,22-23H,2,5-11H2,1H3. The molecule has 4 aliphatic carbocycles. The Morgan fingerprint density at radius 1 is 1.20 bits per heavy atom. The predicted molar refractivity (Wildman–Crippen MR) is 95.9 cm³/mol. The number of halogens is 1. The lowest BCUT2D eigenvalue weighted by molar-refractivity contribution is -0.172. The third kappa shape index (κ3) is 2.65. The lowest BCUT2D eigenvalue weighted by Crippen LogP contribution is -2.61. The predicted octanol–water partition coefficient (Wildman–Crippen LogP) is 3.88. The highest BCUT2D eigenvalue weighted by atomic mass is 35.5. The molecule has 3 unspecified atom stereocenters. The van der Waals surface area contributed by atoms with E-state index in [2.05, 4.69) is 12.2 Å². The van der Waals surface area contributed by atoms with E-state index in [1.165, 1.54) is 19.3 Å². The fourth-order valence-electron chi connectivity index (χ4n) is 6.37. The SMILES string of the molecule is CC(NCc1cc2c(cc1Cl)OCO2)C12CC3CC(CC(O)(C3)C1)C2. The number of hydrogen-bond donors (Lipinski definition) is 2. The quantitative estimate of drug-likeness (QED) is 0.852.